The Balaban J connectivity index is 1.84. The summed E-state index contributed by atoms with van der Waals surface area (Å²) in [5, 5.41) is 0. The minimum atomic E-state index is -0.674. The van der Waals surface area contributed by atoms with Gasteiger partial charge in [-0.1, -0.05) is 0 Å². The van der Waals surface area contributed by atoms with Gasteiger partial charge in [-0.05, 0) is 56.8 Å². The Morgan fingerprint density at radius 1 is 0.875 bits per heavy atom. The number of hydrogen-bond acceptors (Lipinski definition) is 2. The highest BCUT2D eigenvalue weighted by atomic mass is 16.2. The SMILES string of the molecule is CC1(C)C(=O)[C@@H]2[C@H]3CC[C@@H]([C@@H]4C[C@@H]43)[C@@H]2C1=O. The van der Waals surface area contributed by atoms with E-state index >= 15 is 0 Å². The van der Waals surface area contributed by atoms with E-state index in [4.69, 9.17) is 0 Å². The van der Waals surface area contributed by atoms with Crippen molar-refractivity contribution in [3.8, 4) is 0 Å². The number of carbonyl (C=O) groups excluding carboxylic acids is 2. The summed E-state index contributed by atoms with van der Waals surface area (Å²) in [6.45, 7) is 3.70. The van der Waals surface area contributed by atoms with Crippen molar-refractivity contribution >= 4 is 11.6 Å². The van der Waals surface area contributed by atoms with E-state index in [-0.39, 0.29) is 23.4 Å². The molecule has 0 amide bonds. The molecular formula is C14H18O2. The molecule has 5 fully saturated rings. The van der Waals surface area contributed by atoms with E-state index in [2.05, 4.69) is 0 Å². The third-order valence-corrected chi connectivity index (χ3v) is 5.97. The fraction of sp³-hybridized carbons (Fsp3) is 0.857. The Morgan fingerprint density at radius 3 is 1.75 bits per heavy atom. The molecule has 16 heavy (non-hydrogen) atoms. The molecule has 0 spiro atoms. The van der Waals surface area contributed by atoms with Crippen LogP contribution in [-0.4, -0.2) is 11.6 Å². The lowest BCUT2D eigenvalue weighted by atomic mass is 9.59. The van der Waals surface area contributed by atoms with Gasteiger partial charge < -0.3 is 0 Å². The molecule has 5 aliphatic carbocycles. The molecule has 5 saturated carbocycles. The van der Waals surface area contributed by atoms with Crippen LogP contribution in [0.1, 0.15) is 33.1 Å². The van der Waals surface area contributed by atoms with Crippen LogP contribution in [0.2, 0.25) is 0 Å². The van der Waals surface area contributed by atoms with Crippen molar-refractivity contribution in [3.05, 3.63) is 0 Å². The first kappa shape index (κ1) is 9.38. The summed E-state index contributed by atoms with van der Waals surface area (Å²) < 4.78 is 0. The summed E-state index contributed by atoms with van der Waals surface area (Å²) in [5.41, 5.74) is -0.674. The molecule has 86 valence electrons. The molecule has 0 saturated heterocycles. The summed E-state index contributed by atoms with van der Waals surface area (Å²) >= 11 is 0. The zero-order chi connectivity index (χ0) is 11.2. The minimum absolute atomic E-state index is 0.116. The van der Waals surface area contributed by atoms with Crippen molar-refractivity contribution in [1.82, 2.24) is 0 Å². The Morgan fingerprint density at radius 2 is 1.31 bits per heavy atom. The molecular weight excluding hydrogens is 200 g/mol. The highest BCUT2D eigenvalue weighted by Crippen LogP contribution is 2.69. The van der Waals surface area contributed by atoms with Crippen molar-refractivity contribution < 1.29 is 9.59 Å². The van der Waals surface area contributed by atoms with Crippen LogP contribution in [0.4, 0.5) is 0 Å². The highest BCUT2D eigenvalue weighted by molar-refractivity contribution is 6.15. The van der Waals surface area contributed by atoms with Crippen molar-refractivity contribution in [1.29, 1.82) is 0 Å². The lowest BCUT2D eigenvalue weighted by molar-refractivity contribution is -0.134. The molecule has 0 aliphatic heterocycles. The van der Waals surface area contributed by atoms with Crippen LogP contribution in [0.5, 0.6) is 0 Å². The Hall–Kier alpha value is -0.660. The molecule has 5 rings (SSSR count). The topological polar surface area (TPSA) is 34.1 Å². The fourth-order valence-electron chi connectivity index (χ4n) is 5.13. The van der Waals surface area contributed by atoms with Gasteiger partial charge in [0.25, 0.3) is 0 Å². The Bertz CT molecular complexity index is 373. The molecule has 0 heterocycles. The van der Waals surface area contributed by atoms with Crippen molar-refractivity contribution in [2.45, 2.75) is 33.1 Å². The largest absolute Gasteiger partial charge is 0.298 e. The second-order valence-corrected chi connectivity index (χ2v) is 6.87. The van der Waals surface area contributed by atoms with Crippen LogP contribution < -0.4 is 0 Å². The van der Waals surface area contributed by atoms with Gasteiger partial charge >= 0.3 is 0 Å². The van der Waals surface area contributed by atoms with Gasteiger partial charge in [0.05, 0.1) is 5.41 Å². The van der Waals surface area contributed by atoms with Crippen LogP contribution >= 0.6 is 0 Å². The smallest absolute Gasteiger partial charge is 0.149 e. The Kier molecular flexibility index (Phi) is 1.43. The number of carbonyl (C=O) groups is 2. The molecule has 0 radical (unpaired) electrons. The summed E-state index contributed by atoms with van der Waals surface area (Å²) in [4.78, 5) is 24.8. The minimum Gasteiger partial charge on any atom is -0.298 e. The first-order valence-corrected chi connectivity index (χ1v) is 6.62. The van der Waals surface area contributed by atoms with Gasteiger partial charge in [0.1, 0.15) is 11.6 Å². The van der Waals surface area contributed by atoms with E-state index in [0.717, 1.165) is 11.8 Å². The van der Waals surface area contributed by atoms with E-state index in [0.29, 0.717) is 11.8 Å². The van der Waals surface area contributed by atoms with E-state index in [9.17, 15) is 9.59 Å². The molecule has 2 nitrogen and oxygen atoms in total. The van der Waals surface area contributed by atoms with Crippen LogP contribution in [0.3, 0.4) is 0 Å². The van der Waals surface area contributed by atoms with Crippen molar-refractivity contribution in [2.75, 3.05) is 0 Å². The van der Waals surface area contributed by atoms with Crippen molar-refractivity contribution in [2.24, 2.45) is 40.9 Å². The molecule has 0 aromatic rings. The van der Waals surface area contributed by atoms with Gasteiger partial charge in [0.15, 0.2) is 0 Å². The van der Waals surface area contributed by atoms with Crippen LogP contribution in [-0.2, 0) is 9.59 Å². The second-order valence-electron chi connectivity index (χ2n) is 6.87. The zero-order valence-electron chi connectivity index (χ0n) is 9.90. The summed E-state index contributed by atoms with van der Waals surface area (Å²) in [6, 6.07) is 0. The summed E-state index contributed by atoms with van der Waals surface area (Å²) in [7, 11) is 0. The maximum atomic E-state index is 12.4. The van der Waals surface area contributed by atoms with Gasteiger partial charge in [-0.15, -0.1) is 0 Å². The molecule has 5 aliphatic rings. The average Bonchev–Trinajstić information content (AvgIpc) is 3.03. The van der Waals surface area contributed by atoms with Gasteiger partial charge in [0.2, 0.25) is 0 Å². The number of ketones is 2. The van der Waals surface area contributed by atoms with Gasteiger partial charge in [-0.2, -0.15) is 0 Å². The lowest BCUT2D eigenvalue weighted by Crippen LogP contribution is -2.43. The van der Waals surface area contributed by atoms with Crippen LogP contribution in [0.25, 0.3) is 0 Å². The molecule has 6 atom stereocenters. The maximum Gasteiger partial charge on any atom is 0.149 e. The first-order valence-electron chi connectivity index (χ1n) is 6.62. The van der Waals surface area contributed by atoms with Crippen molar-refractivity contribution in [3.63, 3.8) is 0 Å². The van der Waals surface area contributed by atoms with E-state index < -0.39 is 5.41 Å². The summed E-state index contributed by atoms with van der Waals surface area (Å²) in [5.74, 6) is 3.52. The van der Waals surface area contributed by atoms with Gasteiger partial charge in [0, 0.05) is 11.8 Å². The number of rotatable bonds is 0. The second kappa shape index (κ2) is 2.44. The molecule has 0 aromatic carbocycles. The quantitative estimate of drug-likeness (QED) is 0.583. The normalized spacial score (nSPS) is 56.1. The monoisotopic (exact) mass is 218 g/mol. The Labute approximate surface area is 95.8 Å². The number of Topliss-reactive ketones (excluding diaryl/α,β-unsaturated/α-hetero) is 2. The van der Waals surface area contributed by atoms with Crippen LogP contribution in [0, 0.1) is 40.9 Å². The molecule has 2 bridgehead atoms. The molecule has 0 N–H and O–H groups in total. The van der Waals surface area contributed by atoms with Crippen LogP contribution in [0.15, 0.2) is 0 Å². The van der Waals surface area contributed by atoms with E-state index in [1.165, 1.54) is 19.3 Å². The average molecular weight is 218 g/mol. The fourth-order valence-corrected chi connectivity index (χ4v) is 5.13. The molecule has 2 heteroatoms. The highest BCUT2D eigenvalue weighted by Gasteiger charge is 2.70. The number of fused-ring (bicyclic) bond motifs is 1. The first-order chi connectivity index (χ1) is 7.53. The van der Waals surface area contributed by atoms with Gasteiger partial charge in [-0.3, -0.25) is 9.59 Å². The summed E-state index contributed by atoms with van der Waals surface area (Å²) in [6.07, 6.45) is 3.73. The molecule has 0 aromatic heterocycles. The predicted molar refractivity (Wildman–Crippen MR) is 58.6 cm³/mol. The molecule has 0 unspecified atom stereocenters. The third kappa shape index (κ3) is 0.802. The van der Waals surface area contributed by atoms with E-state index in [1.54, 1.807) is 0 Å². The lowest BCUT2D eigenvalue weighted by Gasteiger charge is -2.43. The van der Waals surface area contributed by atoms with Gasteiger partial charge in [-0.25, -0.2) is 0 Å². The zero-order valence-corrected chi connectivity index (χ0v) is 9.90. The third-order valence-electron chi connectivity index (χ3n) is 5.97. The van der Waals surface area contributed by atoms with E-state index in [1.807, 2.05) is 13.8 Å². The standard InChI is InChI=1S/C14H18O2/c1-14(2)12(15)10-6-3-4-7(9-5-8(6)9)11(10)13(14)16/h6-11H,3-5H2,1-2H3/t6-,7-,8-,9+,10-,11+/m0/s1. The number of hydrogen-bond donors (Lipinski definition) is 0. The maximum absolute atomic E-state index is 12.4. The predicted octanol–water partition coefficient (Wildman–Crippen LogP) is 2.07.